The summed E-state index contributed by atoms with van der Waals surface area (Å²) in [7, 11) is 5.85. The first-order valence-electron chi connectivity index (χ1n) is 7.40. The highest BCUT2D eigenvalue weighted by Gasteiger charge is 2.20. The fourth-order valence-corrected chi connectivity index (χ4v) is 2.62. The van der Waals surface area contributed by atoms with Crippen LogP contribution >= 0.6 is 0 Å². The van der Waals surface area contributed by atoms with E-state index in [9.17, 15) is 0 Å². The molecule has 0 aromatic heterocycles. The largest absolute Gasteiger partial charge is 0.493 e. The maximum absolute atomic E-state index is 6.17. The summed E-state index contributed by atoms with van der Waals surface area (Å²) in [4.78, 5) is 2.35. The average Bonchev–Trinajstić information content (AvgIpc) is 2.47. The second-order valence-corrected chi connectivity index (χ2v) is 5.42. The minimum Gasteiger partial charge on any atom is -0.493 e. The van der Waals surface area contributed by atoms with E-state index in [0.717, 1.165) is 50.4 Å². The molecule has 1 fully saturated rings. The molecule has 4 heteroatoms. The van der Waals surface area contributed by atoms with Gasteiger partial charge in [0.25, 0.3) is 0 Å². The van der Waals surface area contributed by atoms with E-state index in [4.69, 9.17) is 9.47 Å². The Hall–Kier alpha value is -1.26. The third-order valence-electron chi connectivity index (χ3n) is 3.87. The number of nitrogens with one attached hydrogen (secondary N) is 1. The third-order valence-corrected chi connectivity index (χ3v) is 3.87. The molecule has 1 aliphatic rings. The highest BCUT2D eigenvalue weighted by atomic mass is 16.5. The van der Waals surface area contributed by atoms with Gasteiger partial charge in [0.05, 0.1) is 7.11 Å². The van der Waals surface area contributed by atoms with Gasteiger partial charge >= 0.3 is 0 Å². The van der Waals surface area contributed by atoms with Gasteiger partial charge in [0.2, 0.25) is 0 Å². The molecule has 0 saturated carbocycles. The molecule has 1 heterocycles. The predicted molar refractivity (Wildman–Crippen MR) is 81.8 cm³/mol. The molecule has 0 amide bonds. The van der Waals surface area contributed by atoms with E-state index in [1.54, 1.807) is 7.11 Å². The lowest BCUT2D eigenvalue weighted by atomic mass is 10.1. The number of ether oxygens (including phenoxy) is 2. The summed E-state index contributed by atoms with van der Waals surface area (Å²) >= 11 is 0. The monoisotopic (exact) mass is 278 g/mol. The van der Waals surface area contributed by atoms with Crippen molar-refractivity contribution in [2.45, 2.75) is 25.4 Å². The first kappa shape index (κ1) is 15.1. The van der Waals surface area contributed by atoms with Crippen LogP contribution in [-0.2, 0) is 6.42 Å². The van der Waals surface area contributed by atoms with Crippen molar-refractivity contribution < 1.29 is 9.47 Å². The Morgan fingerprint density at radius 3 is 2.70 bits per heavy atom. The molecular formula is C16H26N2O2. The number of piperidine rings is 1. The number of methoxy groups -OCH3 is 1. The maximum Gasteiger partial charge on any atom is 0.163 e. The fraction of sp³-hybridized carbons (Fsp3) is 0.625. The molecule has 112 valence electrons. The van der Waals surface area contributed by atoms with Gasteiger partial charge in [0, 0.05) is 13.1 Å². The Bertz CT molecular complexity index is 415. The van der Waals surface area contributed by atoms with Crippen LogP contribution in [0.5, 0.6) is 11.5 Å². The molecule has 4 nitrogen and oxygen atoms in total. The van der Waals surface area contributed by atoms with Gasteiger partial charge in [-0.15, -0.1) is 0 Å². The minimum atomic E-state index is 0.305. The van der Waals surface area contributed by atoms with E-state index in [0.29, 0.717) is 6.10 Å². The summed E-state index contributed by atoms with van der Waals surface area (Å²) in [5.74, 6) is 1.78. The summed E-state index contributed by atoms with van der Waals surface area (Å²) in [6, 6.07) is 6.18. The zero-order valence-electron chi connectivity index (χ0n) is 12.8. The second kappa shape index (κ2) is 7.50. The molecule has 0 unspecified atom stereocenters. The van der Waals surface area contributed by atoms with Crippen LogP contribution in [0.4, 0.5) is 0 Å². The highest BCUT2D eigenvalue weighted by Crippen LogP contribution is 2.33. The van der Waals surface area contributed by atoms with Crippen molar-refractivity contribution in [3.8, 4) is 11.5 Å². The summed E-state index contributed by atoms with van der Waals surface area (Å²) in [5.41, 5.74) is 1.20. The molecule has 20 heavy (non-hydrogen) atoms. The van der Waals surface area contributed by atoms with E-state index in [-0.39, 0.29) is 0 Å². The zero-order valence-corrected chi connectivity index (χ0v) is 12.8. The lowest BCUT2D eigenvalue weighted by molar-refractivity contribution is 0.111. The SMILES string of the molecule is CNCCc1cccc(OC2CCN(C)CC2)c1OC. The number of para-hydroxylation sites is 1. The van der Waals surface area contributed by atoms with Crippen molar-refractivity contribution in [2.24, 2.45) is 0 Å². The minimum absolute atomic E-state index is 0.305. The van der Waals surface area contributed by atoms with Crippen LogP contribution in [0.2, 0.25) is 0 Å². The molecule has 0 spiro atoms. The quantitative estimate of drug-likeness (QED) is 0.862. The van der Waals surface area contributed by atoms with E-state index < -0.39 is 0 Å². The van der Waals surface area contributed by atoms with Crippen LogP contribution in [-0.4, -0.2) is 51.8 Å². The Labute approximate surface area is 122 Å². The Kier molecular flexibility index (Phi) is 5.68. The van der Waals surface area contributed by atoms with Gasteiger partial charge in [-0.2, -0.15) is 0 Å². The summed E-state index contributed by atoms with van der Waals surface area (Å²) < 4.78 is 11.7. The molecule has 0 aliphatic carbocycles. The molecule has 2 rings (SSSR count). The smallest absolute Gasteiger partial charge is 0.163 e. The number of rotatable bonds is 6. The molecule has 0 atom stereocenters. The average molecular weight is 278 g/mol. The number of likely N-dealkylation sites (N-methyl/N-ethyl adjacent to an activating group) is 1. The number of likely N-dealkylation sites (tertiary alicyclic amines) is 1. The van der Waals surface area contributed by atoms with Crippen molar-refractivity contribution in [1.82, 2.24) is 10.2 Å². The highest BCUT2D eigenvalue weighted by molar-refractivity contribution is 5.46. The van der Waals surface area contributed by atoms with Crippen LogP contribution in [0.3, 0.4) is 0 Å². The number of benzene rings is 1. The number of nitrogens with zero attached hydrogens (tertiary/aromatic N) is 1. The zero-order chi connectivity index (χ0) is 14.4. The molecular weight excluding hydrogens is 252 g/mol. The summed E-state index contributed by atoms with van der Waals surface area (Å²) in [5, 5.41) is 3.17. The number of hydrogen-bond acceptors (Lipinski definition) is 4. The van der Waals surface area contributed by atoms with Crippen LogP contribution in [0, 0.1) is 0 Å². The second-order valence-electron chi connectivity index (χ2n) is 5.42. The fourth-order valence-electron chi connectivity index (χ4n) is 2.62. The van der Waals surface area contributed by atoms with Crippen molar-refractivity contribution in [2.75, 3.05) is 40.8 Å². The Balaban J connectivity index is 2.06. The van der Waals surface area contributed by atoms with Gasteiger partial charge < -0.3 is 19.7 Å². The normalized spacial score (nSPS) is 17.1. The summed E-state index contributed by atoms with van der Waals surface area (Å²) in [6.45, 7) is 3.15. The van der Waals surface area contributed by atoms with Gasteiger partial charge in [-0.1, -0.05) is 12.1 Å². The molecule has 0 radical (unpaired) electrons. The first-order chi connectivity index (χ1) is 9.74. The Morgan fingerprint density at radius 2 is 2.05 bits per heavy atom. The number of hydrogen-bond donors (Lipinski definition) is 1. The van der Waals surface area contributed by atoms with Crippen LogP contribution in [0.15, 0.2) is 18.2 Å². The van der Waals surface area contributed by atoms with Gasteiger partial charge in [0.1, 0.15) is 6.10 Å². The van der Waals surface area contributed by atoms with Crippen molar-refractivity contribution in [1.29, 1.82) is 0 Å². The topological polar surface area (TPSA) is 33.7 Å². The van der Waals surface area contributed by atoms with Crippen molar-refractivity contribution in [3.63, 3.8) is 0 Å². The van der Waals surface area contributed by atoms with Gasteiger partial charge in [-0.3, -0.25) is 0 Å². The molecule has 0 bridgehead atoms. The van der Waals surface area contributed by atoms with Gasteiger partial charge in [-0.05, 0) is 51.5 Å². The lowest BCUT2D eigenvalue weighted by Crippen LogP contribution is -2.35. The molecule has 1 aromatic carbocycles. The molecule has 1 N–H and O–H groups in total. The van der Waals surface area contributed by atoms with E-state index in [2.05, 4.69) is 29.4 Å². The van der Waals surface area contributed by atoms with Gasteiger partial charge in [0.15, 0.2) is 11.5 Å². The predicted octanol–water partition coefficient (Wildman–Crippen LogP) is 1.93. The molecule has 1 aliphatic heterocycles. The first-order valence-corrected chi connectivity index (χ1v) is 7.40. The van der Waals surface area contributed by atoms with E-state index in [1.807, 2.05) is 13.1 Å². The Morgan fingerprint density at radius 1 is 1.30 bits per heavy atom. The summed E-state index contributed by atoms with van der Waals surface area (Å²) in [6.07, 6.45) is 3.42. The van der Waals surface area contributed by atoms with Crippen molar-refractivity contribution in [3.05, 3.63) is 23.8 Å². The van der Waals surface area contributed by atoms with Crippen LogP contribution in [0.1, 0.15) is 18.4 Å². The van der Waals surface area contributed by atoms with E-state index >= 15 is 0 Å². The van der Waals surface area contributed by atoms with Gasteiger partial charge in [-0.25, -0.2) is 0 Å². The third kappa shape index (κ3) is 3.87. The molecule has 1 saturated heterocycles. The standard InChI is InChI=1S/C16H26N2O2/c1-17-10-7-13-5-4-6-15(16(13)19-3)20-14-8-11-18(2)12-9-14/h4-6,14,17H,7-12H2,1-3H3. The van der Waals surface area contributed by atoms with Crippen LogP contribution in [0.25, 0.3) is 0 Å². The maximum atomic E-state index is 6.17. The van der Waals surface area contributed by atoms with Crippen LogP contribution < -0.4 is 14.8 Å². The van der Waals surface area contributed by atoms with Crippen molar-refractivity contribution >= 4 is 0 Å². The van der Waals surface area contributed by atoms with E-state index in [1.165, 1.54) is 5.56 Å². The molecule has 1 aromatic rings. The lowest BCUT2D eigenvalue weighted by Gasteiger charge is -2.30.